The molecule has 0 radical (unpaired) electrons. The third-order valence-corrected chi connectivity index (χ3v) is 6.67. The molecular weight excluding hydrogens is 546 g/mol. The van der Waals surface area contributed by atoms with Gasteiger partial charge in [0.15, 0.2) is 6.19 Å². The Balaban J connectivity index is 0.00000109. The fraction of sp³-hybridized carbons (Fsp3) is 0.0952. The molecule has 0 amide bonds. The van der Waals surface area contributed by atoms with E-state index < -0.39 is 0 Å². The van der Waals surface area contributed by atoms with E-state index in [2.05, 4.69) is 135 Å². The molecule has 0 aliphatic heterocycles. The van der Waals surface area contributed by atoms with Crippen molar-refractivity contribution in [3.05, 3.63) is 182 Å². The molecule has 0 atom stereocenters. The van der Waals surface area contributed by atoms with Crippen LogP contribution < -0.4 is 5.73 Å². The molecule has 224 valence electrons. The smallest absolute Gasteiger partial charge is 0.173 e. The summed E-state index contributed by atoms with van der Waals surface area (Å²) in [5.41, 5.74) is 15.3. The van der Waals surface area contributed by atoms with Gasteiger partial charge in [-0.2, -0.15) is 10.5 Å². The molecule has 45 heavy (non-hydrogen) atoms. The number of benzene rings is 4. The van der Waals surface area contributed by atoms with Crippen LogP contribution in [0.25, 0.3) is 33.4 Å². The highest BCUT2D eigenvalue weighted by atomic mass is 14.5. The largest absolute Gasteiger partial charge is 0.337 e. The topological polar surface area (TPSA) is 73.6 Å². The zero-order valence-corrected chi connectivity index (χ0v) is 26.1. The van der Waals surface area contributed by atoms with Crippen molar-refractivity contribution in [3.8, 4) is 45.6 Å². The summed E-state index contributed by atoms with van der Waals surface area (Å²) in [4.78, 5) is 0. The summed E-state index contributed by atoms with van der Waals surface area (Å²) in [6, 6.07) is 35.3. The van der Waals surface area contributed by atoms with Crippen LogP contribution in [0, 0.1) is 22.8 Å². The van der Waals surface area contributed by atoms with Gasteiger partial charge in [-0.3, -0.25) is 0 Å². The van der Waals surface area contributed by atoms with E-state index in [-0.39, 0.29) is 0 Å². The lowest BCUT2D eigenvalue weighted by atomic mass is 9.92. The Labute approximate surface area is 269 Å². The molecule has 0 spiro atoms. The number of nitrogens with zero attached hydrogens (tertiary/aromatic N) is 2. The lowest BCUT2D eigenvalue weighted by Crippen LogP contribution is -1.89. The monoisotopic (exact) mass is 587 g/mol. The Morgan fingerprint density at radius 1 is 0.511 bits per heavy atom. The van der Waals surface area contributed by atoms with Gasteiger partial charge in [0.2, 0.25) is 0 Å². The maximum Gasteiger partial charge on any atom is 0.173 e. The summed E-state index contributed by atoms with van der Waals surface area (Å²) in [5.74, 6) is 0. The van der Waals surface area contributed by atoms with Gasteiger partial charge in [-0.15, -0.1) is 0 Å². The highest BCUT2D eigenvalue weighted by Gasteiger charge is 2.08. The van der Waals surface area contributed by atoms with Crippen molar-refractivity contribution in [2.75, 3.05) is 0 Å². The summed E-state index contributed by atoms with van der Waals surface area (Å²) >= 11 is 0. The van der Waals surface area contributed by atoms with Crippen molar-refractivity contribution >= 4 is 0 Å². The number of nitrogens with two attached hydrogens (primary N) is 1. The molecule has 0 saturated carbocycles. The van der Waals surface area contributed by atoms with Gasteiger partial charge in [-0.25, -0.2) is 0 Å². The van der Waals surface area contributed by atoms with Crippen LogP contribution in [-0.4, -0.2) is 0 Å². The predicted molar refractivity (Wildman–Crippen MR) is 193 cm³/mol. The van der Waals surface area contributed by atoms with Gasteiger partial charge in [0, 0.05) is 6.92 Å². The average molecular weight is 588 g/mol. The van der Waals surface area contributed by atoms with Gasteiger partial charge in [-0.05, 0) is 87.5 Å². The van der Waals surface area contributed by atoms with Gasteiger partial charge in [0.05, 0.1) is 6.07 Å². The van der Waals surface area contributed by atoms with E-state index in [0.29, 0.717) is 0 Å². The van der Waals surface area contributed by atoms with Crippen molar-refractivity contribution in [1.82, 2.24) is 0 Å². The van der Waals surface area contributed by atoms with E-state index in [4.69, 9.17) is 10.5 Å². The molecule has 4 aromatic rings. The molecular formula is C42H41N3. The Hall–Kier alpha value is -5.90. The second-order valence-corrected chi connectivity index (χ2v) is 9.85. The van der Waals surface area contributed by atoms with Gasteiger partial charge in [0.25, 0.3) is 0 Å². The molecule has 0 bridgehead atoms. The molecule has 0 aliphatic carbocycles. The first kappa shape index (κ1) is 35.3. The number of rotatable bonds is 12. The molecule has 0 fully saturated rings. The zero-order valence-electron chi connectivity index (χ0n) is 26.1. The average Bonchev–Trinajstić information content (AvgIpc) is 3.07. The molecule has 4 aromatic carbocycles. The minimum absolute atomic E-state index is 0.903. The summed E-state index contributed by atoms with van der Waals surface area (Å²) in [6.07, 6.45) is 21.8. The maximum absolute atomic E-state index is 7.32. The molecule has 0 unspecified atom stereocenters. The first-order valence-corrected chi connectivity index (χ1v) is 14.7. The molecule has 3 nitrogen and oxygen atoms in total. The van der Waals surface area contributed by atoms with E-state index in [1.807, 2.05) is 36.5 Å². The molecule has 3 heteroatoms. The van der Waals surface area contributed by atoms with Crippen LogP contribution >= 0.6 is 0 Å². The predicted octanol–water partition coefficient (Wildman–Crippen LogP) is 10.5. The van der Waals surface area contributed by atoms with E-state index in [1.54, 1.807) is 6.07 Å². The third kappa shape index (κ3) is 12.5. The number of hydrogen-bond acceptors (Lipinski definition) is 3. The van der Waals surface area contributed by atoms with E-state index in [0.717, 1.165) is 19.3 Å². The van der Waals surface area contributed by atoms with E-state index in [9.17, 15) is 0 Å². The van der Waals surface area contributed by atoms with Crippen LogP contribution in [0.2, 0.25) is 0 Å². The van der Waals surface area contributed by atoms with Crippen LogP contribution in [0.15, 0.2) is 165 Å². The van der Waals surface area contributed by atoms with Crippen molar-refractivity contribution in [1.29, 1.82) is 10.5 Å². The normalized spacial score (nSPS) is 10.2. The van der Waals surface area contributed by atoms with Gasteiger partial charge in [-0.1, -0.05) is 147 Å². The number of hydrogen-bond donors (Lipinski definition) is 1. The lowest BCUT2D eigenvalue weighted by molar-refractivity contribution is 1.27. The summed E-state index contributed by atoms with van der Waals surface area (Å²) in [7, 11) is 0. The molecule has 0 aromatic heterocycles. The fourth-order valence-corrected chi connectivity index (χ4v) is 4.53. The minimum Gasteiger partial charge on any atom is -0.337 e. The first-order valence-electron chi connectivity index (χ1n) is 14.7. The minimum atomic E-state index is 0.903. The maximum atomic E-state index is 7.32. The lowest BCUT2D eigenvalue weighted by Gasteiger charge is -2.12. The van der Waals surface area contributed by atoms with Crippen molar-refractivity contribution < 1.29 is 0 Å². The Morgan fingerprint density at radius 3 is 0.933 bits per heavy atom. The zero-order chi connectivity index (χ0) is 32.7. The molecule has 0 heterocycles. The van der Waals surface area contributed by atoms with Gasteiger partial charge < -0.3 is 5.73 Å². The molecule has 2 N–H and O–H groups in total. The SMILES string of the molecule is C=C/C=C\Cc1ccc(-c2cc(-c3ccc(C/C=C\C=C)cc3)cc(-c3ccc(C/C=C\C=C)cc3)c2)cc1.CC#N.N#CN. The number of nitriles is 2. The highest BCUT2D eigenvalue weighted by molar-refractivity contribution is 5.81. The van der Waals surface area contributed by atoms with Gasteiger partial charge in [0.1, 0.15) is 0 Å². The standard InChI is InChI=1S/C39H36.C2H3N.CH2N2/c1-4-7-10-13-31-16-22-34(23-17-31)37-28-38(35-24-18-32(19-25-35)14-11-8-5-2)30-39(29-37)36-26-20-33(21-27-36)15-12-9-6-3;1-2-3;2-1-3/h4-12,16-30H,1-3,13-15H2;1H3;2H2/b10-7-,11-8-,12-9-;;. The van der Waals surface area contributed by atoms with Crippen LogP contribution in [0.4, 0.5) is 0 Å². The summed E-state index contributed by atoms with van der Waals surface area (Å²) in [6.45, 7) is 12.7. The quantitative estimate of drug-likeness (QED) is 0.102. The van der Waals surface area contributed by atoms with E-state index >= 15 is 0 Å². The van der Waals surface area contributed by atoms with Crippen molar-refractivity contribution in [2.24, 2.45) is 5.73 Å². The second-order valence-electron chi connectivity index (χ2n) is 9.85. The summed E-state index contributed by atoms with van der Waals surface area (Å²) in [5, 5.41) is 14.4. The van der Waals surface area contributed by atoms with Crippen LogP contribution in [0.1, 0.15) is 23.6 Å². The van der Waals surface area contributed by atoms with Crippen LogP contribution in [0.5, 0.6) is 0 Å². The second kappa shape index (κ2) is 20.9. The van der Waals surface area contributed by atoms with E-state index in [1.165, 1.54) is 63.2 Å². The number of allylic oxidation sites excluding steroid dienone is 9. The van der Waals surface area contributed by atoms with Gasteiger partial charge >= 0.3 is 0 Å². The molecule has 0 saturated heterocycles. The Bertz CT molecular complexity index is 1460. The molecule has 0 aliphatic rings. The molecule has 4 rings (SSSR count). The summed E-state index contributed by atoms with van der Waals surface area (Å²) < 4.78 is 0. The van der Waals surface area contributed by atoms with Crippen LogP contribution in [0.3, 0.4) is 0 Å². The Kier molecular flexibility index (Phi) is 16.4. The van der Waals surface area contributed by atoms with Crippen molar-refractivity contribution in [3.63, 3.8) is 0 Å². The Morgan fingerprint density at radius 2 is 0.733 bits per heavy atom. The third-order valence-electron chi connectivity index (χ3n) is 6.67. The first-order chi connectivity index (χ1) is 22.0. The van der Waals surface area contributed by atoms with Crippen LogP contribution in [-0.2, 0) is 19.3 Å². The highest BCUT2D eigenvalue weighted by Crippen LogP contribution is 2.33. The fourth-order valence-electron chi connectivity index (χ4n) is 4.53. The van der Waals surface area contributed by atoms with Crippen molar-refractivity contribution in [2.45, 2.75) is 26.2 Å².